The van der Waals surface area contributed by atoms with Crippen LogP contribution in [0.4, 0.5) is 0 Å². The number of esters is 1. The van der Waals surface area contributed by atoms with Gasteiger partial charge in [-0.1, -0.05) is 32.1 Å². The lowest BCUT2D eigenvalue weighted by Gasteiger charge is -2.18. The van der Waals surface area contributed by atoms with Crippen LogP contribution in [-0.2, 0) is 11.2 Å². The lowest BCUT2D eigenvalue weighted by Crippen LogP contribution is -2.09. The van der Waals surface area contributed by atoms with Crippen molar-refractivity contribution in [3.63, 3.8) is 0 Å². The van der Waals surface area contributed by atoms with Crippen molar-refractivity contribution in [1.29, 1.82) is 0 Å². The normalized spacial score (nSPS) is 12.6. The Hall–Kier alpha value is -2.88. The van der Waals surface area contributed by atoms with Crippen LogP contribution in [0.1, 0.15) is 48.2 Å². The average Bonchev–Trinajstić information content (AvgIpc) is 2.67. The number of carbonyl (C=O) groups is 1. The molecule has 2 aromatic rings. The first-order valence-corrected chi connectivity index (χ1v) is 8.92. The number of pyridine rings is 1. The predicted octanol–water partition coefficient (Wildman–Crippen LogP) is 4.62. The van der Waals surface area contributed by atoms with Crippen LogP contribution in [0.5, 0.6) is 0 Å². The first kappa shape index (κ1) is 19.4. The van der Waals surface area contributed by atoms with E-state index in [1.807, 2.05) is 43.3 Å². The van der Waals surface area contributed by atoms with Crippen molar-refractivity contribution in [2.24, 2.45) is 5.73 Å². The lowest BCUT2D eigenvalue weighted by atomic mass is 9.87. The predicted molar refractivity (Wildman–Crippen MR) is 106 cm³/mol. The third kappa shape index (κ3) is 4.60. The van der Waals surface area contributed by atoms with Gasteiger partial charge >= 0.3 is 5.97 Å². The quantitative estimate of drug-likeness (QED) is 0.584. The number of hydrogen-bond donors (Lipinski definition) is 1. The number of allylic oxidation sites excluding steroid dienone is 3. The molecule has 1 aromatic heterocycles. The maximum atomic E-state index is 12.4. The summed E-state index contributed by atoms with van der Waals surface area (Å²) in [6, 6.07) is 9.62. The van der Waals surface area contributed by atoms with Crippen LogP contribution in [0.2, 0.25) is 0 Å². The van der Waals surface area contributed by atoms with Gasteiger partial charge in [0.25, 0.3) is 0 Å². The Morgan fingerprint density at radius 3 is 2.69 bits per heavy atom. The first-order chi connectivity index (χ1) is 12.6. The average molecular weight is 350 g/mol. The van der Waals surface area contributed by atoms with E-state index in [2.05, 4.69) is 24.9 Å². The van der Waals surface area contributed by atoms with Crippen molar-refractivity contribution in [2.75, 3.05) is 6.61 Å². The minimum atomic E-state index is -0.313. The number of benzene rings is 1. The summed E-state index contributed by atoms with van der Waals surface area (Å²) >= 11 is 0. The fourth-order valence-corrected chi connectivity index (χ4v) is 2.98. The van der Waals surface area contributed by atoms with E-state index in [-0.39, 0.29) is 11.9 Å². The number of nitrogens with zero attached hydrogens (tertiary/aromatic N) is 1. The summed E-state index contributed by atoms with van der Waals surface area (Å²) in [4.78, 5) is 16.9. The van der Waals surface area contributed by atoms with Crippen LogP contribution in [-0.4, -0.2) is 17.6 Å². The maximum absolute atomic E-state index is 12.4. The van der Waals surface area contributed by atoms with Crippen molar-refractivity contribution in [3.8, 4) is 11.3 Å². The second kappa shape index (κ2) is 9.56. The minimum Gasteiger partial charge on any atom is -0.462 e. The monoisotopic (exact) mass is 350 g/mol. The Balaban J connectivity index is 2.64. The van der Waals surface area contributed by atoms with Gasteiger partial charge in [0.2, 0.25) is 0 Å². The second-order valence-electron chi connectivity index (χ2n) is 5.94. The summed E-state index contributed by atoms with van der Waals surface area (Å²) in [5.41, 5.74) is 10.1. The summed E-state index contributed by atoms with van der Waals surface area (Å²) in [6.07, 6.45) is 9.88. The second-order valence-corrected chi connectivity index (χ2v) is 5.94. The van der Waals surface area contributed by atoms with Gasteiger partial charge in [-0.2, -0.15) is 0 Å². The van der Waals surface area contributed by atoms with Gasteiger partial charge in [-0.05, 0) is 66.9 Å². The van der Waals surface area contributed by atoms with Crippen molar-refractivity contribution in [1.82, 2.24) is 4.98 Å². The van der Waals surface area contributed by atoms with Crippen LogP contribution in [0.25, 0.3) is 11.3 Å². The summed E-state index contributed by atoms with van der Waals surface area (Å²) in [5.74, 6) is -0.190. The number of carbonyl (C=O) groups excluding carboxylic acids is 1. The fourth-order valence-electron chi connectivity index (χ4n) is 2.98. The van der Waals surface area contributed by atoms with Gasteiger partial charge in [0.1, 0.15) is 0 Å². The maximum Gasteiger partial charge on any atom is 0.338 e. The molecule has 1 heterocycles. The van der Waals surface area contributed by atoms with Crippen LogP contribution in [0, 0.1) is 0 Å². The molecule has 1 aromatic carbocycles. The highest BCUT2D eigenvalue weighted by Crippen LogP contribution is 2.32. The summed E-state index contributed by atoms with van der Waals surface area (Å²) < 4.78 is 5.22. The van der Waals surface area contributed by atoms with Gasteiger partial charge in [-0.15, -0.1) is 0 Å². The molecule has 2 N–H and O–H groups in total. The Morgan fingerprint density at radius 1 is 1.27 bits per heavy atom. The van der Waals surface area contributed by atoms with Crippen molar-refractivity contribution in [2.45, 2.75) is 33.1 Å². The molecule has 2 rings (SSSR count). The largest absolute Gasteiger partial charge is 0.462 e. The number of nitrogens with two attached hydrogens (primary N) is 1. The lowest BCUT2D eigenvalue weighted by molar-refractivity contribution is 0.0526. The third-order valence-corrected chi connectivity index (χ3v) is 4.20. The van der Waals surface area contributed by atoms with E-state index in [9.17, 15) is 4.79 Å². The van der Waals surface area contributed by atoms with Crippen molar-refractivity contribution < 1.29 is 9.53 Å². The molecule has 1 unspecified atom stereocenters. The van der Waals surface area contributed by atoms with Gasteiger partial charge in [-0.3, -0.25) is 4.98 Å². The molecule has 4 nitrogen and oxygen atoms in total. The van der Waals surface area contributed by atoms with Gasteiger partial charge < -0.3 is 10.5 Å². The summed E-state index contributed by atoms with van der Waals surface area (Å²) in [6.45, 7) is 6.38. The van der Waals surface area contributed by atoms with Crippen LogP contribution in [0.3, 0.4) is 0 Å². The first-order valence-electron chi connectivity index (χ1n) is 8.92. The minimum absolute atomic E-state index is 0.123. The van der Waals surface area contributed by atoms with Gasteiger partial charge in [-0.25, -0.2) is 4.79 Å². The molecule has 0 radical (unpaired) electrons. The fraction of sp³-hybridized carbons (Fsp3) is 0.273. The van der Waals surface area contributed by atoms with E-state index < -0.39 is 0 Å². The molecule has 0 aliphatic rings. The van der Waals surface area contributed by atoms with Crippen molar-refractivity contribution >= 4 is 5.97 Å². The molecule has 0 saturated carbocycles. The molecule has 0 fully saturated rings. The molecular formula is C22H26N2O2. The van der Waals surface area contributed by atoms with Crippen molar-refractivity contribution in [3.05, 3.63) is 77.6 Å². The molecule has 0 amide bonds. The van der Waals surface area contributed by atoms with E-state index in [0.717, 1.165) is 23.2 Å². The van der Waals surface area contributed by atoms with E-state index in [0.29, 0.717) is 12.2 Å². The summed E-state index contributed by atoms with van der Waals surface area (Å²) in [5, 5.41) is 0. The molecule has 26 heavy (non-hydrogen) atoms. The summed E-state index contributed by atoms with van der Waals surface area (Å²) in [7, 11) is 0. The highest BCUT2D eigenvalue weighted by molar-refractivity contribution is 5.92. The topological polar surface area (TPSA) is 65.2 Å². The van der Waals surface area contributed by atoms with E-state index >= 15 is 0 Å². The molecule has 136 valence electrons. The van der Waals surface area contributed by atoms with Crippen LogP contribution >= 0.6 is 0 Å². The van der Waals surface area contributed by atoms with E-state index in [4.69, 9.17) is 10.5 Å². The van der Waals surface area contributed by atoms with Gasteiger partial charge in [0.15, 0.2) is 0 Å². The molecule has 4 heteroatoms. The molecule has 1 atom stereocenters. The van der Waals surface area contributed by atoms with Crippen LogP contribution < -0.4 is 5.73 Å². The smallest absolute Gasteiger partial charge is 0.338 e. The SMILES string of the molecule is CCOC(=O)c1cc(-c2ccccn2)c(CC)c(C(C)/C=C\C=C/N)c1. The number of aromatic nitrogens is 1. The van der Waals surface area contributed by atoms with Gasteiger partial charge in [0.05, 0.1) is 17.9 Å². The highest BCUT2D eigenvalue weighted by atomic mass is 16.5. The Kier molecular flexibility index (Phi) is 7.15. The number of hydrogen-bond acceptors (Lipinski definition) is 4. The molecule has 0 spiro atoms. The molecule has 0 aliphatic heterocycles. The van der Waals surface area contributed by atoms with E-state index in [1.54, 1.807) is 12.3 Å². The standard InChI is InChI=1S/C22H26N2O2/c1-4-18-19(16(3)10-6-8-12-23)14-17(22(25)26-5-2)15-20(18)21-11-7-9-13-24-21/h6-16H,4-5,23H2,1-3H3/b10-6-,12-8-. The molecule has 0 saturated heterocycles. The van der Waals surface area contributed by atoms with Gasteiger partial charge in [0, 0.05) is 11.8 Å². The molecule has 0 bridgehead atoms. The number of rotatable bonds is 7. The third-order valence-electron chi connectivity index (χ3n) is 4.20. The zero-order valence-electron chi connectivity index (χ0n) is 15.6. The Morgan fingerprint density at radius 2 is 2.08 bits per heavy atom. The van der Waals surface area contributed by atoms with Crippen LogP contribution in [0.15, 0.2) is 61.0 Å². The number of ether oxygens (including phenoxy) is 1. The van der Waals surface area contributed by atoms with E-state index in [1.165, 1.54) is 11.8 Å². The molecular weight excluding hydrogens is 324 g/mol. The Bertz CT molecular complexity index is 795. The highest BCUT2D eigenvalue weighted by Gasteiger charge is 2.18. The zero-order chi connectivity index (χ0) is 18.9. The Labute approximate surface area is 155 Å². The zero-order valence-corrected chi connectivity index (χ0v) is 15.6. The molecule has 0 aliphatic carbocycles.